The zero-order valence-corrected chi connectivity index (χ0v) is 12.3. The molecular formula is C15H23N3O2. The van der Waals surface area contributed by atoms with Crippen LogP contribution >= 0.6 is 0 Å². The number of hydrogen-bond acceptors (Lipinski definition) is 2. The van der Waals surface area contributed by atoms with Crippen LogP contribution in [0.3, 0.4) is 0 Å². The molecule has 0 aliphatic rings. The van der Waals surface area contributed by atoms with E-state index in [1.165, 1.54) is 0 Å². The molecule has 3 N–H and O–H groups in total. The summed E-state index contributed by atoms with van der Waals surface area (Å²) in [5, 5.41) is 8.30. The zero-order valence-electron chi connectivity index (χ0n) is 12.3. The maximum absolute atomic E-state index is 11.8. The Morgan fingerprint density at radius 2 is 1.95 bits per heavy atom. The monoisotopic (exact) mass is 277 g/mol. The summed E-state index contributed by atoms with van der Waals surface area (Å²) < 4.78 is 0. The highest BCUT2D eigenvalue weighted by Crippen LogP contribution is 2.13. The molecule has 0 spiro atoms. The van der Waals surface area contributed by atoms with Crippen LogP contribution in [0.15, 0.2) is 24.3 Å². The molecule has 1 rings (SSSR count). The molecule has 1 aromatic rings. The van der Waals surface area contributed by atoms with E-state index >= 15 is 0 Å². The summed E-state index contributed by atoms with van der Waals surface area (Å²) in [7, 11) is 0. The van der Waals surface area contributed by atoms with E-state index in [2.05, 4.69) is 16.0 Å². The Morgan fingerprint density at radius 1 is 1.20 bits per heavy atom. The number of urea groups is 1. The van der Waals surface area contributed by atoms with Gasteiger partial charge < -0.3 is 16.0 Å². The van der Waals surface area contributed by atoms with Crippen molar-refractivity contribution in [3.8, 4) is 0 Å². The molecule has 5 nitrogen and oxygen atoms in total. The lowest BCUT2D eigenvalue weighted by Crippen LogP contribution is -2.34. The smallest absolute Gasteiger partial charge is 0.315 e. The number of anilines is 1. The lowest BCUT2D eigenvalue weighted by molar-refractivity contribution is -0.119. The zero-order chi connectivity index (χ0) is 15.0. The minimum atomic E-state index is -0.193. The second kappa shape index (κ2) is 8.19. The summed E-state index contributed by atoms with van der Waals surface area (Å²) in [4.78, 5) is 23.1. The van der Waals surface area contributed by atoms with Crippen molar-refractivity contribution in [3.05, 3.63) is 29.8 Å². The van der Waals surface area contributed by atoms with E-state index in [1.807, 2.05) is 45.0 Å². The summed E-state index contributed by atoms with van der Waals surface area (Å²) in [6.45, 7) is 6.77. The van der Waals surface area contributed by atoms with Gasteiger partial charge in [-0.25, -0.2) is 4.79 Å². The molecule has 0 aromatic heterocycles. The van der Waals surface area contributed by atoms with Gasteiger partial charge in [0, 0.05) is 24.7 Å². The fraction of sp³-hybridized carbons (Fsp3) is 0.467. The van der Waals surface area contributed by atoms with Gasteiger partial charge in [0.05, 0.1) is 0 Å². The van der Waals surface area contributed by atoms with Crippen molar-refractivity contribution in [2.75, 3.05) is 11.9 Å². The van der Waals surface area contributed by atoms with Crippen molar-refractivity contribution >= 4 is 17.6 Å². The van der Waals surface area contributed by atoms with Gasteiger partial charge in [-0.15, -0.1) is 0 Å². The van der Waals surface area contributed by atoms with Gasteiger partial charge in [0.25, 0.3) is 0 Å². The van der Waals surface area contributed by atoms with Crippen LogP contribution in [-0.4, -0.2) is 18.5 Å². The Bertz CT molecular complexity index is 460. The van der Waals surface area contributed by atoms with Crippen molar-refractivity contribution in [3.63, 3.8) is 0 Å². The largest absolute Gasteiger partial charge is 0.338 e. The highest BCUT2D eigenvalue weighted by Gasteiger charge is 2.10. The van der Waals surface area contributed by atoms with Gasteiger partial charge >= 0.3 is 6.03 Å². The van der Waals surface area contributed by atoms with E-state index in [-0.39, 0.29) is 17.9 Å². The van der Waals surface area contributed by atoms with E-state index in [0.29, 0.717) is 13.1 Å². The molecule has 0 saturated carbocycles. The molecule has 0 unspecified atom stereocenters. The molecule has 1 atom stereocenters. The molecule has 0 radical (unpaired) electrons. The molecular weight excluding hydrogens is 254 g/mol. The van der Waals surface area contributed by atoms with Gasteiger partial charge in [0.15, 0.2) is 0 Å². The van der Waals surface area contributed by atoms with Crippen LogP contribution in [0.5, 0.6) is 0 Å². The lowest BCUT2D eigenvalue weighted by atomic mass is 10.1. The third kappa shape index (κ3) is 5.30. The number of hydrogen-bond donors (Lipinski definition) is 3. The molecule has 0 saturated heterocycles. The number of rotatable bonds is 6. The van der Waals surface area contributed by atoms with Gasteiger partial charge in [-0.05, 0) is 31.0 Å². The van der Waals surface area contributed by atoms with Crippen molar-refractivity contribution in [2.45, 2.75) is 33.7 Å². The van der Waals surface area contributed by atoms with Crippen LogP contribution in [0.4, 0.5) is 10.5 Å². The summed E-state index contributed by atoms with van der Waals surface area (Å²) in [6.07, 6.45) is 0.810. The van der Waals surface area contributed by atoms with Crippen LogP contribution in [0.1, 0.15) is 32.8 Å². The third-order valence-electron chi connectivity index (χ3n) is 3.04. The van der Waals surface area contributed by atoms with Gasteiger partial charge in [-0.3, -0.25) is 4.79 Å². The topological polar surface area (TPSA) is 70.2 Å². The summed E-state index contributed by atoms with van der Waals surface area (Å²) in [6, 6.07) is 7.29. The fourth-order valence-electron chi connectivity index (χ4n) is 1.62. The average Bonchev–Trinajstić information content (AvgIpc) is 2.45. The second-order valence-electron chi connectivity index (χ2n) is 4.71. The first kappa shape index (κ1) is 16.0. The molecule has 3 amide bonds. The minimum absolute atomic E-state index is 0.00730. The SMILES string of the molecule is CCNC(=O)NCc1cccc(NC(=O)[C@H](C)CC)c1. The summed E-state index contributed by atoms with van der Waals surface area (Å²) in [5.74, 6) is 0.00782. The highest BCUT2D eigenvalue weighted by molar-refractivity contribution is 5.92. The highest BCUT2D eigenvalue weighted by atomic mass is 16.2. The van der Waals surface area contributed by atoms with Gasteiger partial charge in [-0.1, -0.05) is 26.0 Å². The third-order valence-corrected chi connectivity index (χ3v) is 3.04. The van der Waals surface area contributed by atoms with E-state index in [9.17, 15) is 9.59 Å². The standard InChI is InChI=1S/C15H23N3O2/c1-4-11(3)14(19)18-13-8-6-7-12(9-13)10-17-15(20)16-5-2/h6-9,11H,4-5,10H2,1-3H3,(H,18,19)(H2,16,17,20)/t11-/m1/s1. The molecule has 0 fully saturated rings. The normalized spacial score (nSPS) is 11.6. The first-order valence-corrected chi connectivity index (χ1v) is 6.98. The minimum Gasteiger partial charge on any atom is -0.338 e. The molecule has 5 heteroatoms. The predicted octanol–water partition coefficient (Wildman–Crippen LogP) is 2.49. The van der Waals surface area contributed by atoms with Crippen molar-refractivity contribution in [1.29, 1.82) is 0 Å². The van der Waals surface area contributed by atoms with E-state index < -0.39 is 0 Å². The fourth-order valence-corrected chi connectivity index (χ4v) is 1.62. The first-order chi connectivity index (χ1) is 9.56. The lowest BCUT2D eigenvalue weighted by Gasteiger charge is -2.11. The Hall–Kier alpha value is -2.04. The van der Waals surface area contributed by atoms with Gasteiger partial charge in [0.2, 0.25) is 5.91 Å². The predicted molar refractivity (Wildman–Crippen MR) is 80.4 cm³/mol. The summed E-state index contributed by atoms with van der Waals surface area (Å²) in [5.41, 5.74) is 1.70. The number of amides is 3. The Kier molecular flexibility index (Phi) is 6.56. The average molecular weight is 277 g/mol. The number of benzene rings is 1. The van der Waals surface area contributed by atoms with Crippen LogP contribution in [-0.2, 0) is 11.3 Å². The quantitative estimate of drug-likeness (QED) is 0.747. The first-order valence-electron chi connectivity index (χ1n) is 6.98. The molecule has 0 aliphatic carbocycles. The van der Waals surface area contributed by atoms with Crippen molar-refractivity contribution in [2.24, 2.45) is 5.92 Å². The maximum atomic E-state index is 11.8. The Morgan fingerprint density at radius 3 is 2.60 bits per heavy atom. The van der Waals surface area contributed by atoms with E-state index in [1.54, 1.807) is 0 Å². The molecule has 1 aromatic carbocycles. The van der Waals surface area contributed by atoms with Gasteiger partial charge in [0.1, 0.15) is 0 Å². The number of nitrogens with one attached hydrogen (secondary N) is 3. The van der Waals surface area contributed by atoms with Crippen molar-refractivity contribution < 1.29 is 9.59 Å². The molecule has 0 bridgehead atoms. The molecule has 0 aliphatic heterocycles. The van der Waals surface area contributed by atoms with Crippen LogP contribution < -0.4 is 16.0 Å². The van der Waals surface area contributed by atoms with Crippen LogP contribution in [0.25, 0.3) is 0 Å². The van der Waals surface area contributed by atoms with Crippen LogP contribution in [0, 0.1) is 5.92 Å². The van der Waals surface area contributed by atoms with Crippen LogP contribution in [0.2, 0.25) is 0 Å². The molecule has 20 heavy (non-hydrogen) atoms. The van der Waals surface area contributed by atoms with E-state index in [4.69, 9.17) is 0 Å². The number of carbonyl (C=O) groups is 2. The maximum Gasteiger partial charge on any atom is 0.315 e. The molecule has 0 heterocycles. The van der Waals surface area contributed by atoms with E-state index in [0.717, 1.165) is 17.7 Å². The molecule has 110 valence electrons. The Balaban J connectivity index is 2.57. The number of carbonyl (C=O) groups excluding carboxylic acids is 2. The van der Waals surface area contributed by atoms with Gasteiger partial charge in [-0.2, -0.15) is 0 Å². The second-order valence-corrected chi connectivity index (χ2v) is 4.71. The van der Waals surface area contributed by atoms with Crippen molar-refractivity contribution in [1.82, 2.24) is 10.6 Å². The summed E-state index contributed by atoms with van der Waals surface area (Å²) >= 11 is 0. The Labute approximate surface area is 120 Å².